The molecule has 0 saturated heterocycles. The number of hydrogen-bond donors (Lipinski definition) is 1. The molecule has 1 aliphatic rings. The summed E-state index contributed by atoms with van der Waals surface area (Å²) in [6.07, 6.45) is 2.72. The normalized spacial score (nSPS) is 15.8. The summed E-state index contributed by atoms with van der Waals surface area (Å²) >= 11 is 0. The molecule has 0 fully saturated rings. The summed E-state index contributed by atoms with van der Waals surface area (Å²) < 4.78 is 11.4. The van der Waals surface area contributed by atoms with E-state index >= 15 is 0 Å². The van der Waals surface area contributed by atoms with E-state index in [1.807, 2.05) is 24.3 Å². The van der Waals surface area contributed by atoms with Crippen LogP contribution in [0, 0.1) is 0 Å². The van der Waals surface area contributed by atoms with Crippen LogP contribution in [0.15, 0.2) is 48.5 Å². The monoisotopic (exact) mass is 384 g/mol. The second kappa shape index (κ2) is 8.36. The van der Waals surface area contributed by atoms with Crippen molar-refractivity contribution in [1.29, 1.82) is 0 Å². The number of benzene rings is 2. The van der Waals surface area contributed by atoms with E-state index in [1.165, 1.54) is 11.1 Å². The average Bonchev–Trinajstić information content (AvgIpc) is 2.65. The molecule has 3 rings (SSSR count). The van der Waals surface area contributed by atoms with Gasteiger partial charge >= 0.3 is 0 Å². The van der Waals surface area contributed by atoms with Gasteiger partial charge in [-0.25, -0.2) is 0 Å². The van der Waals surface area contributed by atoms with Crippen LogP contribution in [0.4, 0.5) is 0 Å². The number of carbonyl (C=O) groups excluding carboxylic acids is 1. The summed E-state index contributed by atoms with van der Waals surface area (Å²) in [7, 11) is -0.916. The summed E-state index contributed by atoms with van der Waals surface area (Å²) in [4.78, 5) is 15.0. The highest BCUT2D eigenvalue weighted by Gasteiger charge is 2.30. The Morgan fingerprint density at radius 1 is 1.15 bits per heavy atom. The molecule has 1 amide bonds. The molecule has 0 aromatic heterocycles. The number of fused-ring (bicyclic) bond motifs is 1. The maximum absolute atomic E-state index is 12.6. The quantitative estimate of drug-likeness (QED) is 0.832. The Hall–Kier alpha value is -1.98. The van der Waals surface area contributed by atoms with Crippen molar-refractivity contribution >= 4 is 16.7 Å². The molecule has 0 aliphatic carbocycles. The molecule has 27 heavy (non-hydrogen) atoms. The van der Waals surface area contributed by atoms with Crippen molar-refractivity contribution in [1.82, 2.24) is 10.2 Å². The molecular formula is C22H28N2O2S. The molecule has 0 bridgehead atoms. The van der Waals surface area contributed by atoms with Crippen LogP contribution in [0.25, 0.3) is 0 Å². The molecule has 0 spiro atoms. The van der Waals surface area contributed by atoms with Crippen molar-refractivity contribution in [2.45, 2.75) is 38.1 Å². The molecular weight excluding hydrogens is 356 g/mol. The van der Waals surface area contributed by atoms with Crippen LogP contribution in [0.2, 0.25) is 0 Å². The molecule has 0 radical (unpaired) electrons. The first-order chi connectivity index (χ1) is 12.8. The third-order valence-corrected chi connectivity index (χ3v) is 5.97. The molecule has 2 aromatic rings. The van der Waals surface area contributed by atoms with E-state index in [-0.39, 0.29) is 11.4 Å². The fourth-order valence-electron chi connectivity index (χ4n) is 3.56. The van der Waals surface area contributed by atoms with Gasteiger partial charge in [0.1, 0.15) is 0 Å². The molecule has 144 valence electrons. The van der Waals surface area contributed by atoms with Gasteiger partial charge in [-0.1, -0.05) is 36.4 Å². The van der Waals surface area contributed by atoms with Gasteiger partial charge < -0.3 is 5.32 Å². The molecule has 2 aromatic carbocycles. The number of amides is 1. The zero-order valence-corrected chi connectivity index (χ0v) is 17.1. The van der Waals surface area contributed by atoms with E-state index in [2.05, 4.69) is 48.3 Å². The first-order valence-electron chi connectivity index (χ1n) is 9.34. The molecule has 1 N–H and O–H groups in total. The van der Waals surface area contributed by atoms with Crippen LogP contribution in [-0.4, -0.2) is 39.9 Å². The number of nitrogens with one attached hydrogen (secondary N) is 1. The fourth-order valence-corrected chi connectivity index (χ4v) is 4.21. The minimum atomic E-state index is -0.916. The van der Waals surface area contributed by atoms with Gasteiger partial charge in [0.2, 0.25) is 0 Å². The largest absolute Gasteiger partial charge is 0.350 e. The van der Waals surface area contributed by atoms with Crippen LogP contribution in [-0.2, 0) is 29.5 Å². The predicted molar refractivity (Wildman–Crippen MR) is 111 cm³/mol. The highest BCUT2D eigenvalue weighted by Crippen LogP contribution is 2.25. The van der Waals surface area contributed by atoms with E-state index in [0.29, 0.717) is 17.9 Å². The Kier molecular flexibility index (Phi) is 6.12. The average molecular weight is 385 g/mol. The lowest BCUT2D eigenvalue weighted by atomic mass is 9.94. The Morgan fingerprint density at radius 3 is 2.63 bits per heavy atom. The Bertz CT molecular complexity index is 848. The standard InChI is InChI=1S/C22H28N2O2S/c1-22(2,24-12-11-18-8-4-5-9-20(18)14-24)16-23-21(25)19-10-6-7-17(13-19)15-27(3)26/h4-10,13H,11-12,14-16H2,1-3H3,(H,23,25). The Morgan fingerprint density at radius 2 is 1.89 bits per heavy atom. The Labute approximate surface area is 164 Å². The third-order valence-electron chi connectivity index (χ3n) is 5.23. The maximum Gasteiger partial charge on any atom is 0.251 e. The second-order valence-corrected chi connectivity index (χ2v) is 9.29. The lowest BCUT2D eigenvalue weighted by Crippen LogP contribution is -2.53. The Balaban J connectivity index is 1.62. The van der Waals surface area contributed by atoms with Crippen molar-refractivity contribution in [2.75, 3.05) is 19.3 Å². The van der Waals surface area contributed by atoms with Gasteiger partial charge in [-0.2, -0.15) is 0 Å². The number of carbonyl (C=O) groups is 1. The fraction of sp³-hybridized carbons (Fsp3) is 0.409. The van der Waals surface area contributed by atoms with Crippen molar-refractivity contribution < 1.29 is 9.00 Å². The van der Waals surface area contributed by atoms with Gasteiger partial charge in [-0.3, -0.25) is 13.9 Å². The first kappa shape index (κ1) is 19.8. The lowest BCUT2D eigenvalue weighted by molar-refractivity contribution is 0.0826. The minimum absolute atomic E-state index is 0.0794. The van der Waals surface area contributed by atoms with Gasteiger partial charge in [0.25, 0.3) is 5.91 Å². The predicted octanol–water partition coefficient (Wildman–Crippen LogP) is 3.13. The highest BCUT2D eigenvalue weighted by atomic mass is 32.2. The van der Waals surface area contributed by atoms with Crippen LogP contribution in [0.5, 0.6) is 0 Å². The summed E-state index contributed by atoms with van der Waals surface area (Å²) in [6, 6.07) is 16.0. The molecule has 1 unspecified atom stereocenters. The van der Waals surface area contributed by atoms with E-state index in [0.717, 1.165) is 25.1 Å². The molecule has 5 heteroatoms. The van der Waals surface area contributed by atoms with Crippen molar-refractivity contribution in [3.63, 3.8) is 0 Å². The maximum atomic E-state index is 12.6. The summed E-state index contributed by atoms with van der Waals surface area (Å²) in [6.45, 7) is 6.85. The molecule has 0 saturated carbocycles. The van der Waals surface area contributed by atoms with Crippen LogP contribution < -0.4 is 5.32 Å². The van der Waals surface area contributed by atoms with E-state index in [4.69, 9.17) is 0 Å². The minimum Gasteiger partial charge on any atom is -0.350 e. The van der Waals surface area contributed by atoms with E-state index in [1.54, 1.807) is 6.26 Å². The molecule has 4 nitrogen and oxygen atoms in total. The number of nitrogens with zero attached hydrogens (tertiary/aromatic N) is 1. The van der Waals surface area contributed by atoms with Gasteiger partial charge in [0.15, 0.2) is 0 Å². The van der Waals surface area contributed by atoms with E-state index < -0.39 is 10.8 Å². The first-order valence-corrected chi connectivity index (χ1v) is 11.1. The summed E-state index contributed by atoms with van der Waals surface area (Å²) in [5.74, 6) is 0.393. The SMILES string of the molecule is CS(=O)Cc1cccc(C(=O)NCC(C)(C)N2CCc3ccccc3C2)c1. The van der Waals surface area contributed by atoms with Gasteiger partial charge in [-0.05, 0) is 49.1 Å². The highest BCUT2D eigenvalue weighted by molar-refractivity contribution is 7.83. The molecule has 1 atom stereocenters. The van der Waals surface area contributed by atoms with Crippen molar-refractivity contribution in [3.05, 3.63) is 70.8 Å². The zero-order chi connectivity index (χ0) is 19.4. The van der Waals surface area contributed by atoms with Crippen molar-refractivity contribution in [2.24, 2.45) is 0 Å². The lowest BCUT2D eigenvalue weighted by Gasteiger charge is -2.41. The number of rotatable bonds is 6. The molecule has 1 heterocycles. The topological polar surface area (TPSA) is 49.4 Å². The zero-order valence-electron chi connectivity index (χ0n) is 16.3. The second-order valence-electron chi connectivity index (χ2n) is 7.85. The van der Waals surface area contributed by atoms with Crippen molar-refractivity contribution in [3.8, 4) is 0 Å². The summed E-state index contributed by atoms with van der Waals surface area (Å²) in [5.41, 5.74) is 4.22. The van der Waals surface area contributed by atoms with Crippen LogP contribution in [0.3, 0.4) is 0 Å². The number of hydrogen-bond acceptors (Lipinski definition) is 3. The summed E-state index contributed by atoms with van der Waals surface area (Å²) in [5, 5.41) is 3.08. The van der Waals surface area contributed by atoms with Gasteiger partial charge in [0, 0.05) is 53.5 Å². The van der Waals surface area contributed by atoms with Crippen LogP contribution >= 0.6 is 0 Å². The van der Waals surface area contributed by atoms with Gasteiger partial charge in [-0.15, -0.1) is 0 Å². The smallest absolute Gasteiger partial charge is 0.251 e. The third kappa shape index (κ3) is 5.05. The molecule has 1 aliphatic heterocycles. The van der Waals surface area contributed by atoms with E-state index in [9.17, 15) is 9.00 Å². The van der Waals surface area contributed by atoms with Gasteiger partial charge in [0.05, 0.1) is 0 Å². The van der Waals surface area contributed by atoms with Crippen LogP contribution in [0.1, 0.15) is 40.9 Å².